The Morgan fingerprint density at radius 2 is 2.00 bits per heavy atom. The van der Waals surface area contributed by atoms with Gasteiger partial charge in [0.05, 0.1) is 18.4 Å². The van der Waals surface area contributed by atoms with Gasteiger partial charge in [0.15, 0.2) is 5.69 Å². The number of carbonyl (C=O) groups is 1. The van der Waals surface area contributed by atoms with Crippen LogP contribution in [0.2, 0.25) is 0 Å². The van der Waals surface area contributed by atoms with Gasteiger partial charge in [-0.15, -0.1) is 0 Å². The normalized spacial score (nSPS) is 10.6. The molecule has 0 aliphatic heterocycles. The molecule has 0 spiro atoms. The van der Waals surface area contributed by atoms with Crippen LogP contribution in [0, 0.1) is 0 Å². The van der Waals surface area contributed by atoms with E-state index >= 15 is 0 Å². The lowest BCUT2D eigenvalue weighted by Crippen LogP contribution is -2.13. The van der Waals surface area contributed by atoms with Crippen molar-refractivity contribution in [2.45, 2.75) is 20.0 Å². The molecule has 22 heavy (non-hydrogen) atoms. The summed E-state index contributed by atoms with van der Waals surface area (Å²) in [6.45, 7) is 3.38. The highest BCUT2D eigenvalue weighted by atomic mass is 16.2. The van der Waals surface area contributed by atoms with E-state index in [0.29, 0.717) is 17.9 Å². The molecular weight excluding hydrogens is 278 g/mol. The second kappa shape index (κ2) is 6.26. The first-order valence-electron chi connectivity index (χ1n) is 7.16. The maximum Gasteiger partial charge on any atom is 0.276 e. The van der Waals surface area contributed by atoms with Gasteiger partial charge in [-0.2, -0.15) is 10.2 Å². The molecule has 6 nitrogen and oxygen atoms in total. The van der Waals surface area contributed by atoms with Gasteiger partial charge in [-0.25, -0.2) is 0 Å². The maximum absolute atomic E-state index is 12.1. The summed E-state index contributed by atoms with van der Waals surface area (Å²) in [5.74, 6) is -0.230. The van der Waals surface area contributed by atoms with Crippen LogP contribution in [0.25, 0.3) is 0 Å². The smallest absolute Gasteiger partial charge is 0.276 e. The Hall–Kier alpha value is -2.89. The van der Waals surface area contributed by atoms with E-state index in [1.54, 1.807) is 27.8 Å². The van der Waals surface area contributed by atoms with Gasteiger partial charge in [-0.05, 0) is 18.6 Å². The molecule has 0 saturated carbocycles. The molecule has 0 atom stereocenters. The Balaban J connectivity index is 1.65. The van der Waals surface area contributed by atoms with E-state index in [1.807, 2.05) is 43.5 Å². The maximum atomic E-state index is 12.1. The zero-order valence-corrected chi connectivity index (χ0v) is 12.3. The number of benzene rings is 1. The molecule has 1 aromatic carbocycles. The van der Waals surface area contributed by atoms with E-state index < -0.39 is 0 Å². The van der Waals surface area contributed by atoms with Crippen LogP contribution in [-0.4, -0.2) is 25.5 Å². The minimum atomic E-state index is -0.230. The van der Waals surface area contributed by atoms with Crippen LogP contribution in [0.5, 0.6) is 0 Å². The summed E-state index contributed by atoms with van der Waals surface area (Å²) in [5, 5.41) is 11.2. The fourth-order valence-corrected chi connectivity index (χ4v) is 2.14. The molecule has 0 aliphatic carbocycles. The number of aryl methyl sites for hydroxylation is 1. The highest BCUT2D eigenvalue weighted by molar-refractivity contribution is 6.02. The number of hydrogen-bond donors (Lipinski definition) is 1. The Bertz CT molecular complexity index is 760. The lowest BCUT2D eigenvalue weighted by Gasteiger charge is -2.01. The lowest BCUT2D eigenvalue weighted by atomic mass is 10.2. The summed E-state index contributed by atoms with van der Waals surface area (Å²) in [6, 6.07) is 11.7. The molecule has 2 heterocycles. The van der Waals surface area contributed by atoms with Crippen molar-refractivity contribution in [2.75, 3.05) is 5.32 Å². The predicted octanol–water partition coefficient (Wildman–Crippen LogP) is 2.40. The number of nitrogens with zero attached hydrogens (tertiary/aromatic N) is 4. The van der Waals surface area contributed by atoms with Crippen molar-refractivity contribution in [3.63, 3.8) is 0 Å². The van der Waals surface area contributed by atoms with Crippen molar-refractivity contribution in [3.05, 3.63) is 66.2 Å². The van der Waals surface area contributed by atoms with Crippen LogP contribution in [0.3, 0.4) is 0 Å². The summed E-state index contributed by atoms with van der Waals surface area (Å²) in [5.41, 5.74) is 2.22. The molecule has 0 fully saturated rings. The fourth-order valence-electron chi connectivity index (χ4n) is 2.14. The molecular formula is C16H17N5O. The van der Waals surface area contributed by atoms with Crippen molar-refractivity contribution < 1.29 is 4.79 Å². The quantitative estimate of drug-likeness (QED) is 0.786. The molecule has 1 amide bonds. The molecule has 0 radical (unpaired) electrons. The lowest BCUT2D eigenvalue weighted by molar-refractivity contribution is 0.102. The monoisotopic (exact) mass is 295 g/mol. The highest BCUT2D eigenvalue weighted by Crippen LogP contribution is 2.09. The summed E-state index contributed by atoms with van der Waals surface area (Å²) < 4.78 is 3.50. The molecule has 6 heteroatoms. The van der Waals surface area contributed by atoms with Crippen molar-refractivity contribution in [1.82, 2.24) is 19.6 Å². The summed E-state index contributed by atoms with van der Waals surface area (Å²) >= 11 is 0. The van der Waals surface area contributed by atoms with E-state index in [2.05, 4.69) is 15.5 Å². The first-order chi connectivity index (χ1) is 10.7. The largest absolute Gasteiger partial charge is 0.318 e. The van der Waals surface area contributed by atoms with Crippen molar-refractivity contribution >= 4 is 11.6 Å². The van der Waals surface area contributed by atoms with Gasteiger partial charge in [0, 0.05) is 18.9 Å². The average molecular weight is 295 g/mol. The molecule has 3 aromatic rings. The predicted molar refractivity (Wildman–Crippen MR) is 83.6 cm³/mol. The molecule has 0 saturated heterocycles. The van der Waals surface area contributed by atoms with Crippen LogP contribution in [-0.2, 0) is 13.1 Å². The number of carbonyl (C=O) groups excluding carboxylic acids is 1. The van der Waals surface area contributed by atoms with Crippen molar-refractivity contribution in [3.8, 4) is 0 Å². The number of amides is 1. The average Bonchev–Trinajstić information content (AvgIpc) is 3.17. The SMILES string of the molecule is CCn1ccc(C(=O)Nc2cnn(Cc3ccccc3)c2)n1. The standard InChI is InChI=1S/C16H17N5O/c1-2-20-9-8-15(19-20)16(22)18-14-10-17-21(12-14)11-13-6-4-3-5-7-13/h3-10,12H,2,11H2,1H3,(H,18,22). The van der Waals surface area contributed by atoms with E-state index in [-0.39, 0.29) is 5.91 Å². The Morgan fingerprint density at radius 1 is 1.18 bits per heavy atom. The first-order valence-corrected chi connectivity index (χ1v) is 7.16. The highest BCUT2D eigenvalue weighted by Gasteiger charge is 2.10. The number of hydrogen-bond acceptors (Lipinski definition) is 3. The van der Waals surface area contributed by atoms with E-state index in [0.717, 1.165) is 12.1 Å². The van der Waals surface area contributed by atoms with Gasteiger partial charge < -0.3 is 5.32 Å². The zero-order valence-electron chi connectivity index (χ0n) is 12.3. The molecule has 3 rings (SSSR count). The minimum Gasteiger partial charge on any atom is -0.318 e. The molecule has 112 valence electrons. The molecule has 0 aliphatic rings. The van der Waals surface area contributed by atoms with Gasteiger partial charge in [0.2, 0.25) is 0 Å². The molecule has 0 unspecified atom stereocenters. The van der Waals surface area contributed by atoms with Crippen LogP contribution >= 0.6 is 0 Å². The van der Waals surface area contributed by atoms with Gasteiger partial charge >= 0.3 is 0 Å². The van der Waals surface area contributed by atoms with Gasteiger partial charge in [-0.1, -0.05) is 30.3 Å². The van der Waals surface area contributed by atoms with Crippen LogP contribution < -0.4 is 5.32 Å². The van der Waals surface area contributed by atoms with E-state index in [4.69, 9.17) is 0 Å². The molecule has 2 aromatic heterocycles. The third kappa shape index (κ3) is 3.22. The van der Waals surface area contributed by atoms with Gasteiger partial charge in [0.1, 0.15) is 0 Å². The summed E-state index contributed by atoms with van der Waals surface area (Å²) in [7, 11) is 0. The minimum absolute atomic E-state index is 0.230. The van der Waals surface area contributed by atoms with Gasteiger partial charge in [0.25, 0.3) is 5.91 Å². The Labute approximate surface area is 128 Å². The van der Waals surface area contributed by atoms with E-state index in [9.17, 15) is 4.79 Å². The van der Waals surface area contributed by atoms with Crippen LogP contribution in [0.1, 0.15) is 23.0 Å². The number of nitrogens with one attached hydrogen (secondary N) is 1. The zero-order chi connectivity index (χ0) is 15.4. The fraction of sp³-hybridized carbons (Fsp3) is 0.188. The second-order valence-electron chi connectivity index (χ2n) is 4.92. The topological polar surface area (TPSA) is 64.7 Å². The summed E-state index contributed by atoms with van der Waals surface area (Å²) in [6.07, 6.45) is 5.23. The summed E-state index contributed by atoms with van der Waals surface area (Å²) in [4.78, 5) is 12.1. The van der Waals surface area contributed by atoms with Crippen LogP contribution in [0.4, 0.5) is 5.69 Å². The van der Waals surface area contributed by atoms with Gasteiger partial charge in [-0.3, -0.25) is 14.2 Å². The first kappa shape index (κ1) is 14.1. The van der Waals surface area contributed by atoms with Crippen molar-refractivity contribution in [1.29, 1.82) is 0 Å². The number of anilines is 1. The molecule has 1 N–H and O–H groups in total. The second-order valence-corrected chi connectivity index (χ2v) is 4.92. The van der Waals surface area contributed by atoms with Crippen LogP contribution in [0.15, 0.2) is 55.0 Å². The Morgan fingerprint density at radius 3 is 2.73 bits per heavy atom. The number of aromatic nitrogens is 4. The third-order valence-electron chi connectivity index (χ3n) is 3.28. The third-order valence-corrected chi connectivity index (χ3v) is 3.28. The Kier molecular flexibility index (Phi) is 4.00. The van der Waals surface area contributed by atoms with E-state index in [1.165, 1.54) is 0 Å². The number of rotatable bonds is 5. The molecule has 0 bridgehead atoms. The van der Waals surface area contributed by atoms with Crippen molar-refractivity contribution in [2.24, 2.45) is 0 Å².